The molecule has 1 saturated heterocycles. The van der Waals surface area contributed by atoms with Crippen molar-refractivity contribution < 1.29 is 0 Å². The van der Waals surface area contributed by atoms with Gasteiger partial charge in [0, 0.05) is 61.7 Å². The maximum absolute atomic E-state index is 6.11. The average molecular weight is 389 g/mol. The number of anilines is 1. The Labute approximate surface area is 161 Å². The smallest absolute Gasteiger partial charge is 0.194 e. The summed E-state index contributed by atoms with van der Waals surface area (Å²) in [4.78, 5) is 14.7. The number of guanidine groups is 1. The van der Waals surface area contributed by atoms with Gasteiger partial charge in [0.25, 0.3) is 0 Å². The highest BCUT2D eigenvalue weighted by Gasteiger charge is 2.20. The number of benzene rings is 1. The van der Waals surface area contributed by atoms with Crippen LogP contribution in [0.3, 0.4) is 0 Å². The van der Waals surface area contributed by atoms with Crippen molar-refractivity contribution in [2.75, 3.05) is 38.1 Å². The molecule has 0 radical (unpaired) electrons. The van der Waals surface area contributed by atoms with E-state index in [0.29, 0.717) is 6.54 Å². The minimum absolute atomic E-state index is 0.676. The van der Waals surface area contributed by atoms with E-state index in [0.717, 1.165) is 47.8 Å². The van der Waals surface area contributed by atoms with Crippen LogP contribution in [0.1, 0.15) is 5.69 Å². The Balaban J connectivity index is 1.34. The zero-order valence-electron chi connectivity index (χ0n) is 14.6. The van der Waals surface area contributed by atoms with Crippen molar-refractivity contribution in [2.45, 2.75) is 6.54 Å². The molecular formula is C18H21ClN6S. The second-order valence-electron chi connectivity index (χ2n) is 6.18. The molecule has 0 bridgehead atoms. The van der Waals surface area contributed by atoms with E-state index in [1.807, 2.05) is 41.2 Å². The molecule has 1 aliphatic rings. The Morgan fingerprint density at radius 2 is 2.15 bits per heavy atom. The summed E-state index contributed by atoms with van der Waals surface area (Å²) in [7, 11) is 1.83. The number of imidazole rings is 1. The van der Waals surface area contributed by atoms with Crippen molar-refractivity contribution in [3.8, 4) is 0 Å². The molecule has 1 aliphatic heterocycles. The number of aromatic nitrogens is 2. The number of nitrogens with one attached hydrogen (secondary N) is 1. The lowest BCUT2D eigenvalue weighted by molar-refractivity contribution is 0.372. The molecule has 8 heteroatoms. The highest BCUT2D eigenvalue weighted by molar-refractivity contribution is 7.15. The Hall–Kier alpha value is -2.25. The fourth-order valence-corrected chi connectivity index (χ4v) is 4.12. The van der Waals surface area contributed by atoms with Crippen LogP contribution in [0.2, 0.25) is 5.02 Å². The molecule has 1 aromatic carbocycles. The van der Waals surface area contributed by atoms with Gasteiger partial charge in [-0.05, 0) is 18.2 Å². The predicted molar refractivity (Wildman–Crippen MR) is 109 cm³/mol. The number of hydrogen-bond acceptors (Lipinski definition) is 4. The summed E-state index contributed by atoms with van der Waals surface area (Å²) in [5.74, 6) is 0.923. The van der Waals surface area contributed by atoms with E-state index in [9.17, 15) is 0 Å². The van der Waals surface area contributed by atoms with Gasteiger partial charge in [0.1, 0.15) is 0 Å². The van der Waals surface area contributed by atoms with Crippen LogP contribution in [-0.2, 0) is 6.54 Å². The zero-order valence-corrected chi connectivity index (χ0v) is 16.2. The van der Waals surface area contributed by atoms with Gasteiger partial charge >= 0.3 is 0 Å². The number of fused-ring (bicyclic) bond motifs is 1. The number of rotatable bonds is 3. The molecule has 26 heavy (non-hydrogen) atoms. The lowest BCUT2D eigenvalue weighted by atomic mass is 10.2. The average Bonchev–Trinajstić information content (AvgIpc) is 3.24. The highest BCUT2D eigenvalue weighted by atomic mass is 35.5. The summed E-state index contributed by atoms with van der Waals surface area (Å²) in [6, 6.07) is 8.04. The molecule has 0 unspecified atom stereocenters. The normalized spacial score (nSPS) is 15.7. The van der Waals surface area contributed by atoms with Crippen LogP contribution < -0.4 is 10.2 Å². The molecule has 1 fully saturated rings. The molecule has 6 nitrogen and oxygen atoms in total. The summed E-state index contributed by atoms with van der Waals surface area (Å²) in [5, 5.41) is 6.25. The first-order chi connectivity index (χ1) is 12.7. The number of thiazole rings is 1. The second-order valence-corrected chi connectivity index (χ2v) is 7.49. The van der Waals surface area contributed by atoms with Gasteiger partial charge in [-0.15, -0.1) is 11.3 Å². The Kier molecular flexibility index (Phi) is 4.99. The summed E-state index contributed by atoms with van der Waals surface area (Å²) < 4.78 is 2.05. The summed E-state index contributed by atoms with van der Waals surface area (Å²) in [6.45, 7) is 4.41. The second kappa shape index (κ2) is 7.55. The topological polar surface area (TPSA) is 48.2 Å². The van der Waals surface area contributed by atoms with Gasteiger partial charge in [0.05, 0.1) is 12.2 Å². The van der Waals surface area contributed by atoms with Crippen molar-refractivity contribution >= 4 is 39.5 Å². The Bertz CT molecular complexity index is 881. The van der Waals surface area contributed by atoms with E-state index in [1.54, 1.807) is 11.3 Å². The van der Waals surface area contributed by atoms with E-state index in [-0.39, 0.29) is 0 Å². The molecule has 0 atom stereocenters. The first kappa shape index (κ1) is 17.2. The summed E-state index contributed by atoms with van der Waals surface area (Å²) >= 11 is 7.76. The maximum atomic E-state index is 6.11. The minimum Gasteiger partial charge on any atom is -0.368 e. The van der Waals surface area contributed by atoms with Gasteiger partial charge in [-0.25, -0.2) is 4.98 Å². The summed E-state index contributed by atoms with van der Waals surface area (Å²) in [5.41, 5.74) is 2.20. The molecule has 3 heterocycles. The van der Waals surface area contributed by atoms with Gasteiger partial charge < -0.3 is 15.1 Å². The Morgan fingerprint density at radius 3 is 2.88 bits per heavy atom. The number of aliphatic imine (C=N–C) groups is 1. The first-order valence-electron chi connectivity index (χ1n) is 8.60. The third-order valence-electron chi connectivity index (χ3n) is 4.54. The third-order valence-corrected chi connectivity index (χ3v) is 5.54. The number of halogens is 1. The quantitative estimate of drug-likeness (QED) is 0.553. The molecular weight excluding hydrogens is 368 g/mol. The molecule has 0 spiro atoms. The fraction of sp³-hybridized carbons (Fsp3) is 0.333. The number of hydrogen-bond donors (Lipinski definition) is 1. The van der Waals surface area contributed by atoms with E-state index >= 15 is 0 Å². The minimum atomic E-state index is 0.676. The van der Waals surface area contributed by atoms with Crippen molar-refractivity contribution in [1.82, 2.24) is 19.6 Å². The summed E-state index contributed by atoms with van der Waals surface area (Å²) in [6.07, 6.45) is 4.09. The Morgan fingerprint density at radius 1 is 1.31 bits per heavy atom. The van der Waals surface area contributed by atoms with Gasteiger partial charge in [0.2, 0.25) is 0 Å². The van der Waals surface area contributed by atoms with Crippen LogP contribution in [-0.4, -0.2) is 53.5 Å². The monoisotopic (exact) mass is 388 g/mol. The predicted octanol–water partition coefficient (Wildman–Crippen LogP) is 2.95. The molecule has 4 rings (SSSR count). The molecule has 2 aromatic heterocycles. The van der Waals surface area contributed by atoms with E-state index < -0.39 is 0 Å². The molecule has 136 valence electrons. The maximum Gasteiger partial charge on any atom is 0.194 e. The van der Waals surface area contributed by atoms with Crippen molar-refractivity contribution in [1.29, 1.82) is 0 Å². The number of piperazine rings is 1. The molecule has 0 amide bonds. The molecule has 3 aromatic rings. The number of nitrogens with zero attached hydrogens (tertiary/aromatic N) is 5. The molecule has 1 N–H and O–H groups in total. The van der Waals surface area contributed by atoms with Crippen LogP contribution in [0.15, 0.2) is 47.0 Å². The standard InChI is InChI=1S/C18H21ClN6S/c1-20-17(21-12-15-13-25-9-10-26-18(25)22-15)24-7-5-23(6-8-24)16-4-2-3-14(19)11-16/h2-4,9-11,13H,5-8,12H2,1H3,(H,20,21). The van der Waals surface area contributed by atoms with Gasteiger partial charge in [-0.3, -0.25) is 9.39 Å². The largest absolute Gasteiger partial charge is 0.368 e. The lowest BCUT2D eigenvalue weighted by Crippen LogP contribution is -2.52. The van der Waals surface area contributed by atoms with E-state index in [2.05, 4.69) is 37.4 Å². The zero-order chi connectivity index (χ0) is 17.9. The molecule has 0 saturated carbocycles. The van der Waals surface area contributed by atoms with Gasteiger partial charge in [-0.2, -0.15) is 0 Å². The van der Waals surface area contributed by atoms with Crippen molar-refractivity contribution in [3.63, 3.8) is 0 Å². The van der Waals surface area contributed by atoms with Gasteiger partial charge in [-0.1, -0.05) is 17.7 Å². The SMILES string of the molecule is CN=C(NCc1cn2ccsc2n1)N1CCN(c2cccc(Cl)c2)CC1. The van der Waals surface area contributed by atoms with Crippen molar-refractivity contribution in [3.05, 3.63) is 52.8 Å². The third kappa shape index (κ3) is 3.64. The van der Waals surface area contributed by atoms with Crippen LogP contribution >= 0.6 is 22.9 Å². The van der Waals surface area contributed by atoms with Crippen molar-refractivity contribution in [2.24, 2.45) is 4.99 Å². The lowest BCUT2D eigenvalue weighted by Gasteiger charge is -2.37. The highest BCUT2D eigenvalue weighted by Crippen LogP contribution is 2.20. The van der Waals surface area contributed by atoms with Crippen LogP contribution in [0.5, 0.6) is 0 Å². The van der Waals surface area contributed by atoms with Gasteiger partial charge in [0.15, 0.2) is 10.9 Å². The van der Waals surface area contributed by atoms with E-state index in [1.165, 1.54) is 5.69 Å². The van der Waals surface area contributed by atoms with Crippen LogP contribution in [0, 0.1) is 0 Å². The fourth-order valence-electron chi connectivity index (χ4n) is 3.21. The van der Waals surface area contributed by atoms with Crippen LogP contribution in [0.4, 0.5) is 5.69 Å². The first-order valence-corrected chi connectivity index (χ1v) is 9.86. The van der Waals surface area contributed by atoms with E-state index in [4.69, 9.17) is 11.6 Å². The molecule has 0 aliphatic carbocycles. The van der Waals surface area contributed by atoms with Crippen LogP contribution in [0.25, 0.3) is 4.96 Å².